The molecule has 4 nitrogen and oxygen atoms in total. The van der Waals surface area contributed by atoms with Gasteiger partial charge in [-0.05, 0) is 50.5 Å². The van der Waals surface area contributed by atoms with Gasteiger partial charge in [0.15, 0.2) is 0 Å². The van der Waals surface area contributed by atoms with Crippen LogP contribution in [0.3, 0.4) is 0 Å². The third-order valence-corrected chi connectivity index (χ3v) is 2.95. The minimum absolute atomic E-state index is 0.208. The van der Waals surface area contributed by atoms with Gasteiger partial charge in [0.1, 0.15) is 5.60 Å². The number of hydrogen-bond donors (Lipinski definition) is 0. The first-order chi connectivity index (χ1) is 9.85. The molecule has 1 aromatic carbocycles. The second kappa shape index (κ2) is 6.04. The molecule has 1 heterocycles. The van der Waals surface area contributed by atoms with Crippen molar-refractivity contribution in [3.05, 3.63) is 47.8 Å². The number of rotatable bonds is 3. The molecule has 0 spiro atoms. The van der Waals surface area contributed by atoms with Crippen LogP contribution in [-0.4, -0.2) is 21.8 Å². The summed E-state index contributed by atoms with van der Waals surface area (Å²) in [5.74, 6) is -0.208. The second-order valence-electron chi connectivity index (χ2n) is 6.04. The maximum atomic E-state index is 11.9. The van der Waals surface area contributed by atoms with E-state index in [-0.39, 0.29) is 12.4 Å². The summed E-state index contributed by atoms with van der Waals surface area (Å²) in [6.07, 6.45) is 3.69. The lowest BCUT2D eigenvalue weighted by Gasteiger charge is -2.19. The summed E-state index contributed by atoms with van der Waals surface area (Å²) in [6, 6.07) is 7.89. The van der Waals surface area contributed by atoms with E-state index in [0.717, 1.165) is 22.3 Å². The molecule has 0 aliphatic rings. The average molecular weight is 284 g/mol. The number of carbonyl (C=O) groups is 1. The Bertz CT molecular complexity index is 631. The fourth-order valence-corrected chi connectivity index (χ4v) is 2.15. The Morgan fingerprint density at radius 2 is 1.95 bits per heavy atom. The monoisotopic (exact) mass is 284 g/mol. The Labute approximate surface area is 125 Å². The molecule has 2 rings (SSSR count). The highest BCUT2D eigenvalue weighted by atomic mass is 16.6. The van der Waals surface area contributed by atoms with Crippen molar-refractivity contribution >= 4 is 5.97 Å². The molecule has 0 N–H and O–H groups in total. The largest absolute Gasteiger partial charge is 0.460 e. The van der Waals surface area contributed by atoms with Crippen molar-refractivity contribution in [2.24, 2.45) is 0 Å². The van der Waals surface area contributed by atoms with Gasteiger partial charge in [-0.25, -0.2) is 0 Å². The van der Waals surface area contributed by atoms with Gasteiger partial charge in [-0.15, -0.1) is 0 Å². The number of aromatic nitrogens is 2. The molecule has 0 bridgehead atoms. The fraction of sp³-hybridized carbons (Fsp3) is 0.353. The van der Waals surface area contributed by atoms with Crippen LogP contribution in [-0.2, 0) is 16.0 Å². The molecular formula is C17H20N2O2. The van der Waals surface area contributed by atoms with E-state index in [4.69, 9.17) is 4.74 Å². The first kappa shape index (κ1) is 15.2. The summed E-state index contributed by atoms with van der Waals surface area (Å²) in [4.78, 5) is 11.9. The van der Waals surface area contributed by atoms with E-state index < -0.39 is 5.60 Å². The molecule has 0 aliphatic heterocycles. The number of aryl methyl sites for hydroxylation is 1. The van der Waals surface area contributed by atoms with Gasteiger partial charge in [0, 0.05) is 5.56 Å². The maximum Gasteiger partial charge on any atom is 0.310 e. The topological polar surface area (TPSA) is 52.1 Å². The van der Waals surface area contributed by atoms with E-state index in [1.165, 1.54) is 0 Å². The molecule has 0 fully saturated rings. The molecule has 0 atom stereocenters. The molecule has 110 valence electrons. The van der Waals surface area contributed by atoms with Crippen LogP contribution in [0.2, 0.25) is 0 Å². The quantitative estimate of drug-likeness (QED) is 0.811. The SMILES string of the molecule is Cc1cc(CC(=O)OC(C)(C)C)ccc1-c1ccnnc1. The van der Waals surface area contributed by atoms with Crippen molar-refractivity contribution in [2.45, 2.75) is 39.7 Å². The summed E-state index contributed by atoms with van der Waals surface area (Å²) in [5.41, 5.74) is 3.72. The normalized spacial score (nSPS) is 11.2. The first-order valence-corrected chi connectivity index (χ1v) is 6.93. The van der Waals surface area contributed by atoms with Crippen LogP contribution in [0.15, 0.2) is 36.7 Å². The molecule has 21 heavy (non-hydrogen) atoms. The maximum absolute atomic E-state index is 11.9. The van der Waals surface area contributed by atoms with Crippen LogP contribution in [0, 0.1) is 6.92 Å². The number of nitrogens with zero attached hydrogens (tertiary/aromatic N) is 2. The summed E-state index contributed by atoms with van der Waals surface area (Å²) >= 11 is 0. The summed E-state index contributed by atoms with van der Waals surface area (Å²) in [6.45, 7) is 7.63. The van der Waals surface area contributed by atoms with Crippen molar-refractivity contribution in [1.82, 2.24) is 10.2 Å². The zero-order valence-corrected chi connectivity index (χ0v) is 12.9. The number of benzene rings is 1. The van der Waals surface area contributed by atoms with Crippen molar-refractivity contribution in [3.63, 3.8) is 0 Å². The lowest BCUT2D eigenvalue weighted by atomic mass is 9.99. The van der Waals surface area contributed by atoms with Gasteiger partial charge in [0.05, 0.1) is 18.8 Å². The molecule has 4 heteroatoms. The zero-order valence-electron chi connectivity index (χ0n) is 12.9. The number of hydrogen-bond acceptors (Lipinski definition) is 4. The molecule has 0 unspecified atom stereocenters. The summed E-state index contributed by atoms with van der Waals surface area (Å²) in [5, 5.41) is 7.67. The van der Waals surface area contributed by atoms with E-state index in [2.05, 4.69) is 10.2 Å². The number of carbonyl (C=O) groups excluding carboxylic acids is 1. The van der Waals surface area contributed by atoms with Crippen molar-refractivity contribution in [3.8, 4) is 11.1 Å². The molecule has 0 amide bonds. The van der Waals surface area contributed by atoms with Gasteiger partial charge in [-0.3, -0.25) is 4.79 Å². The van der Waals surface area contributed by atoms with Crippen LogP contribution in [0.4, 0.5) is 0 Å². The first-order valence-electron chi connectivity index (χ1n) is 6.93. The summed E-state index contributed by atoms with van der Waals surface area (Å²) < 4.78 is 5.34. The number of ether oxygens (including phenoxy) is 1. The number of esters is 1. The van der Waals surface area contributed by atoms with Crippen molar-refractivity contribution in [2.75, 3.05) is 0 Å². The van der Waals surface area contributed by atoms with Gasteiger partial charge >= 0.3 is 5.97 Å². The Balaban J connectivity index is 2.15. The smallest absolute Gasteiger partial charge is 0.310 e. The molecule has 0 saturated heterocycles. The predicted molar refractivity (Wildman–Crippen MR) is 81.8 cm³/mol. The molecule has 0 aliphatic carbocycles. The minimum Gasteiger partial charge on any atom is -0.460 e. The Kier molecular flexibility index (Phi) is 4.36. The molecule has 0 radical (unpaired) electrons. The minimum atomic E-state index is -0.450. The van der Waals surface area contributed by atoms with Crippen LogP contribution >= 0.6 is 0 Å². The second-order valence-corrected chi connectivity index (χ2v) is 6.04. The third kappa shape index (κ3) is 4.38. The lowest BCUT2D eigenvalue weighted by molar-refractivity contribution is -0.153. The molecule has 1 aromatic heterocycles. The van der Waals surface area contributed by atoms with Crippen LogP contribution in [0.5, 0.6) is 0 Å². The van der Waals surface area contributed by atoms with E-state index in [1.54, 1.807) is 12.4 Å². The van der Waals surface area contributed by atoms with Gasteiger partial charge < -0.3 is 4.74 Å². The van der Waals surface area contributed by atoms with E-state index >= 15 is 0 Å². The predicted octanol–water partition coefficient (Wildman–Crippen LogP) is 3.34. The Morgan fingerprint density at radius 3 is 2.52 bits per heavy atom. The average Bonchev–Trinajstić information content (AvgIpc) is 2.37. The highest BCUT2D eigenvalue weighted by molar-refractivity contribution is 5.74. The Morgan fingerprint density at radius 1 is 1.19 bits per heavy atom. The zero-order chi connectivity index (χ0) is 15.5. The van der Waals surface area contributed by atoms with Crippen molar-refractivity contribution in [1.29, 1.82) is 0 Å². The molecule has 2 aromatic rings. The van der Waals surface area contributed by atoms with Gasteiger partial charge in [0.25, 0.3) is 0 Å². The van der Waals surface area contributed by atoms with Gasteiger partial charge in [-0.2, -0.15) is 10.2 Å². The van der Waals surface area contributed by atoms with E-state index in [0.29, 0.717) is 0 Å². The van der Waals surface area contributed by atoms with Crippen molar-refractivity contribution < 1.29 is 9.53 Å². The molecule has 0 saturated carbocycles. The lowest BCUT2D eigenvalue weighted by Crippen LogP contribution is -2.24. The van der Waals surface area contributed by atoms with Crippen LogP contribution in [0.1, 0.15) is 31.9 Å². The highest BCUT2D eigenvalue weighted by Crippen LogP contribution is 2.23. The van der Waals surface area contributed by atoms with Gasteiger partial charge in [-0.1, -0.05) is 18.2 Å². The van der Waals surface area contributed by atoms with Gasteiger partial charge in [0.2, 0.25) is 0 Å². The van der Waals surface area contributed by atoms with Crippen LogP contribution < -0.4 is 0 Å². The summed E-state index contributed by atoms with van der Waals surface area (Å²) in [7, 11) is 0. The van der Waals surface area contributed by atoms with E-state index in [9.17, 15) is 4.79 Å². The fourth-order valence-electron chi connectivity index (χ4n) is 2.15. The highest BCUT2D eigenvalue weighted by Gasteiger charge is 2.16. The third-order valence-electron chi connectivity index (χ3n) is 2.95. The molecular weight excluding hydrogens is 264 g/mol. The van der Waals surface area contributed by atoms with E-state index in [1.807, 2.05) is 52.0 Å². The standard InChI is InChI=1S/C17H20N2O2/c1-12-9-13(10-16(20)21-17(2,3)4)5-6-15(12)14-7-8-18-19-11-14/h5-9,11H,10H2,1-4H3. The Hall–Kier alpha value is -2.23. The van der Waals surface area contributed by atoms with Crippen LogP contribution in [0.25, 0.3) is 11.1 Å².